The molecule has 0 bridgehead atoms. The zero-order chi connectivity index (χ0) is 21.6. The van der Waals surface area contributed by atoms with Crippen LogP contribution in [0.1, 0.15) is 19.8 Å². The first-order valence-corrected chi connectivity index (χ1v) is 11.4. The summed E-state index contributed by atoms with van der Waals surface area (Å²) < 4.78 is 7.95. The van der Waals surface area contributed by atoms with Gasteiger partial charge in [-0.15, -0.1) is 0 Å². The minimum atomic E-state index is -0.523. The summed E-state index contributed by atoms with van der Waals surface area (Å²) in [6.45, 7) is 8.54. The van der Waals surface area contributed by atoms with Gasteiger partial charge in [-0.3, -0.25) is 9.58 Å². The lowest BCUT2D eigenvalue weighted by molar-refractivity contribution is 0.0460. The summed E-state index contributed by atoms with van der Waals surface area (Å²) in [7, 11) is 1.92. The highest BCUT2D eigenvalue weighted by atomic mass is 16.5. The van der Waals surface area contributed by atoms with Gasteiger partial charge in [0.1, 0.15) is 18.5 Å². The van der Waals surface area contributed by atoms with E-state index in [1.54, 1.807) is 4.68 Å². The van der Waals surface area contributed by atoms with E-state index < -0.39 is 6.10 Å². The number of β-amino-alcohol motifs (C(OH)–C–C–N with tert-alkyl or cyclic N) is 1. The quantitative estimate of drug-likeness (QED) is 0.573. The molecule has 1 atom stereocenters. The van der Waals surface area contributed by atoms with Crippen LogP contribution in [0.3, 0.4) is 0 Å². The molecule has 0 amide bonds. The average molecular weight is 423 g/mol. The number of hydrogen-bond acceptors (Lipinski definition) is 5. The molecule has 0 saturated carbocycles. The Balaban J connectivity index is 1.40. The maximum atomic E-state index is 10.6. The van der Waals surface area contributed by atoms with E-state index in [2.05, 4.69) is 40.0 Å². The Kier molecular flexibility index (Phi) is 7.22. The van der Waals surface area contributed by atoms with Crippen molar-refractivity contribution in [2.75, 3.05) is 45.9 Å². The van der Waals surface area contributed by atoms with Crippen LogP contribution in [0.15, 0.2) is 48.7 Å². The van der Waals surface area contributed by atoms with Crippen LogP contribution in [0.4, 0.5) is 0 Å². The number of unbranched alkanes of at least 4 members (excludes halogenated alkanes) is 1. The topological polar surface area (TPSA) is 53.8 Å². The van der Waals surface area contributed by atoms with Crippen LogP contribution in [0, 0.1) is 0 Å². The Morgan fingerprint density at radius 1 is 1.03 bits per heavy atom. The molecule has 2 heterocycles. The van der Waals surface area contributed by atoms with Crippen molar-refractivity contribution in [3.05, 3.63) is 48.7 Å². The first-order chi connectivity index (χ1) is 15.1. The number of nitrogens with zero attached hydrogens (tertiary/aromatic N) is 4. The minimum absolute atomic E-state index is 0.272. The van der Waals surface area contributed by atoms with Gasteiger partial charge in [0, 0.05) is 46.0 Å². The Morgan fingerprint density at radius 3 is 2.55 bits per heavy atom. The lowest BCUT2D eigenvalue weighted by atomic mass is 10.0. The molecule has 0 radical (unpaired) electrons. The highest BCUT2D eigenvalue weighted by Crippen LogP contribution is 2.36. The Bertz CT molecular complexity index is 979. The van der Waals surface area contributed by atoms with Crippen LogP contribution >= 0.6 is 0 Å². The van der Waals surface area contributed by atoms with Gasteiger partial charge in [-0.1, -0.05) is 43.7 Å². The Hall–Kier alpha value is -2.41. The average Bonchev–Trinajstić information content (AvgIpc) is 3.22. The lowest BCUT2D eigenvalue weighted by Gasteiger charge is -2.35. The number of aromatic nitrogens is 2. The van der Waals surface area contributed by atoms with E-state index in [1.165, 1.54) is 19.4 Å². The standard InChI is InChI=1S/C25H34N4O2/c1-3-4-12-28-14-16-29(17-15-28)18-21(30)19-31-24-10-9-20-7-5-6-8-22(20)25(24)23-11-13-27(2)26-23/h5-11,13,21,30H,3-4,12,14-19H2,1-2H3. The summed E-state index contributed by atoms with van der Waals surface area (Å²) in [5.74, 6) is 0.765. The summed E-state index contributed by atoms with van der Waals surface area (Å²) in [5.41, 5.74) is 1.86. The summed E-state index contributed by atoms with van der Waals surface area (Å²) in [6, 6.07) is 14.3. The SMILES string of the molecule is CCCCN1CCN(CC(O)COc2ccc3ccccc3c2-c2ccn(C)n2)CC1. The molecule has 6 nitrogen and oxygen atoms in total. The first kappa shape index (κ1) is 21.8. The van der Waals surface area contributed by atoms with E-state index in [0.717, 1.165) is 54.0 Å². The third-order valence-corrected chi connectivity index (χ3v) is 6.05. The van der Waals surface area contributed by atoms with Crippen molar-refractivity contribution >= 4 is 10.8 Å². The molecule has 0 aliphatic carbocycles. The summed E-state index contributed by atoms with van der Waals surface area (Å²) in [4.78, 5) is 4.87. The zero-order valence-corrected chi connectivity index (χ0v) is 18.7. The number of ether oxygens (including phenoxy) is 1. The largest absolute Gasteiger partial charge is 0.490 e. The van der Waals surface area contributed by atoms with Crippen molar-refractivity contribution in [1.29, 1.82) is 0 Å². The molecule has 1 aliphatic heterocycles. The van der Waals surface area contributed by atoms with E-state index in [9.17, 15) is 5.11 Å². The highest BCUT2D eigenvalue weighted by molar-refractivity contribution is 5.98. The van der Waals surface area contributed by atoms with Crippen molar-refractivity contribution in [1.82, 2.24) is 19.6 Å². The number of hydrogen-bond donors (Lipinski definition) is 1. The fraction of sp³-hybridized carbons (Fsp3) is 0.480. The summed E-state index contributed by atoms with van der Waals surface area (Å²) in [5, 5.41) is 17.5. The van der Waals surface area contributed by atoms with Crippen LogP contribution in [0.5, 0.6) is 5.75 Å². The van der Waals surface area contributed by atoms with Crippen LogP contribution in [0.2, 0.25) is 0 Å². The van der Waals surface area contributed by atoms with Gasteiger partial charge in [0.2, 0.25) is 0 Å². The monoisotopic (exact) mass is 422 g/mol. The van der Waals surface area contributed by atoms with Crippen molar-refractivity contribution in [3.8, 4) is 17.0 Å². The van der Waals surface area contributed by atoms with Gasteiger partial charge in [0.15, 0.2) is 0 Å². The molecule has 1 aromatic heterocycles. The molecule has 2 aromatic carbocycles. The Morgan fingerprint density at radius 2 is 1.81 bits per heavy atom. The Labute approximate surface area is 185 Å². The molecule has 1 aliphatic rings. The molecule has 0 spiro atoms. The number of aliphatic hydroxyl groups is 1. The smallest absolute Gasteiger partial charge is 0.129 e. The van der Waals surface area contributed by atoms with Gasteiger partial charge in [0.05, 0.1) is 11.3 Å². The molecule has 1 saturated heterocycles. The van der Waals surface area contributed by atoms with Gasteiger partial charge in [-0.2, -0.15) is 5.10 Å². The van der Waals surface area contributed by atoms with Gasteiger partial charge < -0.3 is 14.7 Å². The molecular weight excluding hydrogens is 388 g/mol. The zero-order valence-electron chi connectivity index (χ0n) is 18.7. The molecule has 166 valence electrons. The van der Waals surface area contributed by atoms with Crippen LogP contribution in [0.25, 0.3) is 22.0 Å². The van der Waals surface area contributed by atoms with Crippen molar-refractivity contribution < 1.29 is 9.84 Å². The van der Waals surface area contributed by atoms with Gasteiger partial charge in [-0.05, 0) is 35.9 Å². The number of piperazine rings is 1. The number of aryl methyl sites for hydroxylation is 1. The molecule has 3 aromatic rings. The lowest BCUT2D eigenvalue weighted by Crippen LogP contribution is -2.49. The maximum Gasteiger partial charge on any atom is 0.129 e. The van der Waals surface area contributed by atoms with Crippen molar-refractivity contribution in [2.45, 2.75) is 25.9 Å². The number of fused-ring (bicyclic) bond motifs is 1. The van der Waals surface area contributed by atoms with E-state index in [0.29, 0.717) is 6.54 Å². The van der Waals surface area contributed by atoms with E-state index >= 15 is 0 Å². The van der Waals surface area contributed by atoms with Crippen molar-refractivity contribution in [2.24, 2.45) is 7.05 Å². The van der Waals surface area contributed by atoms with Gasteiger partial charge in [0.25, 0.3) is 0 Å². The second kappa shape index (κ2) is 10.3. The minimum Gasteiger partial charge on any atom is -0.490 e. The predicted molar refractivity (Wildman–Crippen MR) is 125 cm³/mol. The normalized spacial score (nSPS) is 16.6. The van der Waals surface area contributed by atoms with Crippen LogP contribution < -0.4 is 4.74 Å². The molecule has 1 unspecified atom stereocenters. The number of benzene rings is 2. The van der Waals surface area contributed by atoms with E-state index in [4.69, 9.17) is 4.74 Å². The highest BCUT2D eigenvalue weighted by Gasteiger charge is 2.20. The van der Waals surface area contributed by atoms with Crippen LogP contribution in [-0.2, 0) is 7.05 Å². The van der Waals surface area contributed by atoms with Gasteiger partial charge >= 0.3 is 0 Å². The van der Waals surface area contributed by atoms with Gasteiger partial charge in [-0.25, -0.2) is 0 Å². The molecular formula is C25H34N4O2. The summed E-state index contributed by atoms with van der Waals surface area (Å²) >= 11 is 0. The van der Waals surface area contributed by atoms with E-state index in [1.807, 2.05) is 37.5 Å². The second-order valence-electron chi connectivity index (χ2n) is 8.50. The summed E-state index contributed by atoms with van der Waals surface area (Å²) in [6.07, 6.45) is 3.92. The first-order valence-electron chi connectivity index (χ1n) is 11.4. The molecule has 31 heavy (non-hydrogen) atoms. The van der Waals surface area contributed by atoms with E-state index in [-0.39, 0.29) is 6.61 Å². The van der Waals surface area contributed by atoms with Crippen LogP contribution in [-0.4, -0.2) is 76.7 Å². The third-order valence-electron chi connectivity index (χ3n) is 6.05. The molecule has 4 rings (SSSR count). The molecule has 1 fully saturated rings. The van der Waals surface area contributed by atoms with Crippen molar-refractivity contribution in [3.63, 3.8) is 0 Å². The fourth-order valence-corrected chi connectivity index (χ4v) is 4.30. The third kappa shape index (κ3) is 5.45. The number of aliphatic hydroxyl groups excluding tert-OH is 1. The maximum absolute atomic E-state index is 10.6. The number of rotatable bonds is 9. The molecule has 1 N–H and O–H groups in total. The fourth-order valence-electron chi connectivity index (χ4n) is 4.30. The molecule has 6 heteroatoms. The predicted octanol–water partition coefficient (Wildman–Crippen LogP) is 3.40. The second-order valence-corrected chi connectivity index (χ2v) is 8.50.